The summed E-state index contributed by atoms with van der Waals surface area (Å²) in [6.07, 6.45) is 0. The van der Waals surface area contributed by atoms with E-state index in [1.165, 1.54) is 21.6 Å². The summed E-state index contributed by atoms with van der Waals surface area (Å²) in [5, 5.41) is 11.1. The molecular formula is C14H16N2O2S4. The second-order valence-corrected chi connectivity index (χ2v) is 8.94. The Morgan fingerprint density at radius 3 is 1.45 bits per heavy atom. The van der Waals surface area contributed by atoms with Crippen LogP contribution in [0, 0.1) is 13.8 Å². The van der Waals surface area contributed by atoms with Crippen molar-refractivity contribution >= 4 is 43.6 Å². The van der Waals surface area contributed by atoms with Gasteiger partial charge in [0.1, 0.15) is 22.0 Å². The number of aryl methyl sites for hydroxylation is 2. The van der Waals surface area contributed by atoms with Gasteiger partial charge in [0, 0.05) is 9.79 Å². The third kappa shape index (κ3) is 4.43. The molecule has 4 nitrogen and oxygen atoms in total. The molecule has 2 aromatic carbocycles. The second-order valence-electron chi connectivity index (χ2n) is 4.66. The van der Waals surface area contributed by atoms with Gasteiger partial charge in [-0.3, -0.25) is 0 Å². The molecule has 0 aliphatic rings. The summed E-state index contributed by atoms with van der Waals surface area (Å²) in [5.41, 5.74) is 2.00. The fourth-order valence-electron chi connectivity index (χ4n) is 1.77. The molecule has 0 bridgehead atoms. The molecule has 0 heterocycles. The quantitative estimate of drug-likeness (QED) is 0.790. The van der Waals surface area contributed by atoms with Crippen molar-refractivity contribution in [2.45, 2.75) is 33.4 Å². The number of hydrogen-bond donors (Lipinski definition) is 2. The van der Waals surface area contributed by atoms with E-state index in [1.807, 2.05) is 50.2 Å². The highest BCUT2D eigenvalue weighted by atomic mass is 33.1. The van der Waals surface area contributed by atoms with Crippen LogP contribution >= 0.6 is 21.6 Å². The Labute approximate surface area is 143 Å². The average Bonchev–Trinajstić information content (AvgIpc) is 2.46. The fourth-order valence-corrected chi connectivity index (χ4v) is 6.09. The minimum absolute atomic E-state index is 0.597. The van der Waals surface area contributed by atoms with Gasteiger partial charge in [0.25, 0.3) is 0 Å². The van der Waals surface area contributed by atoms with E-state index >= 15 is 0 Å². The largest absolute Gasteiger partial charge is 0.248 e. The molecule has 0 aliphatic carbocycles. The fraction of sp³-hybridized carbons (Fsp3) is 0.143. The van der Waals surface area contributed by atoms with Crippen molar-refractivity contribution in [3.8, 4) is 0 Å². The van der Waals surface area contributed by atoms with Gasteiger partial charge in [0.2, 0.25) is 0 Å². The second kappa shape index (κ2) is 7.76. The van der Waals surface area contributed by atoms with Crippen molar-refractivity contribution in [1.29, 1.82) is 0 Å². The first-order chi connectivity index (χ1) is 10.4. The normalized spacial score (nSPS) is 13.8. The predicted octanol–water partition coefficient (Wildman–Crippen LogP) is 3.07. The Hall–Kier alpha value is -0.640. The zero-order chi connectivity index (χ0) is 16.3. The summed E-state index contributed by atoms with van der Waals surface area (Å²) in [6.45, 7) is 3.85. The summed E-state index contributed by atoms with van der Waals surface area (Å²) in [4.78, 5) is 2.84. The zero-order valence-electron chi connectivity index (χ0n) is 12.1. The maximum Gasteiger partial charge on any atom is 0.123 e. The van der Waals surface area contributed by atoms with E-state index in [-0.39, 0.29) is 0 Å². The van der Waals surface area contributed by atoms with Crippen LogP contribution in [-0.2, 0) is 22.0 Å². The van der Waals surface area contributed by atoms with E-state index < -0.39 is 22.0 Å². The average molecular weight is 373 g/mol. The van der Waals surface area contributed by atoms with Crippen molar-refractivity contribution < 1.29 is 8.42 Å². The van der Waals surface area contributed by atoms with Gasteiger partial charge in [-0.15, -0.1) is 0 Å². The van der Waals surface area contributed by atoms with Crippen LogP contribution in [0.4, 0.5) is 0 Å². The van der Waals surface area contributed by atoms with Crippen LogP contribution in [0.25, 0.3) is 0 Å². The molecule has 0 saturated carbocycles. The molecular weight excluding hydrogens is 356 g/mol. The van der Waals surface area contributed by atoms with E-state index in [0.29, 0.717) is 9.79 Å². The molecule has 0 fully saturated rings. The van der Waals surface area contributed by atoms with Gasteiger partial charge in [0.05, 0.1) is 9.79 Å². The Kier molecular flexibility index (Phi) is 6.25. The van der Waals surface area contributed by atoms with Crippen LogP contribution in [0.3, 0.4) is 0 Å². The van der Waals surface area contributed by atoms with Gasteiger partial charge >= 0.3 is 0 Å². The van der Waals surface area contributed by atoms with Gasteiger partial charge < -0.3 is 0 Å². The van der Waals surface area contributed by atoms with Crippen LogP contribution in [0.5, 0.6) is 0 Å². The summed E-state index contributed by atoms with van der Waals surface area (Å²) in [5.74, 6) is 0. The van der Waals surface area contributed by atoms with E-state index in [4.69, 9.17) is 10.3 Å². The van der Waals surface area contributed by atoms with Crippen LogP contribution in [0.2, 0.25) is 0 Å². The van der Waals surface area contributed by atoms with E-state index in [2.05, 4.69) is 0 Å². The molecule has 0 saturated heterocycles. The van der Waals surface area contributed by atoms with Crippen molar-refractivity contribution in [2.75, 3.05) is 0 Å². The lowest BCUT2D eigenvalue weighted by Gasteiger charge is -2.10. The molecule has 0 spiro atoms. The predicted molar refractivity (Wildman–Crippen MR) is 95.3 cm³/mol. The van der Waals surface area contributed by atoms with Crippen molar-refractivity contribution in [3.63, 3.8) is 0 Å². The standard InChI is InChI=1S/C14H16N2O2S4/c1-9-3-5-11(13(7-9)21(15)17)19-20-12-6-4-10(2)8-14(12)22(16)18/h3-8H,15-16H2,1-2H3. The van der Waals surface area contributed by atoms with E-state index in [9.17, 15) is 8.42 Å². The summed E-state index contributed by atoms with van der Waals surface area (Å²) >= 11 is 0. The first-order valence-corrected chi connectivity index (χ1v) is 10.8. The van der Waals surface area contributed by atoms with Crippen LogP contribution in [-0.4, -0.2) is 8.42 Å². The van der Waals surface area contributed by atoms with Crippen molar-refractivity contribution in [1.82, 2.24) is 0 Å². The van der Waals surface area contributed by atoms with Gasteiger partial charge in [-0.05, 0) is 49.2 Å². The molecule has 2 atom stereocenters. The summed E-state index contributed by atoms with van der Waals surface area (Å²) in [6, 6.07) is 11.3. The third-order valence-electron chi connectivity index (χ3n) is 2.85. The monoisotopic (exact) mass is 372 g/mol. The first kappa shape index (κ1) is 17.7. The van der Waals surface area contributed by atoms with Gasteiger partial charge in [-0.2, -0.15) is 0 Å². The number of nitrogens with two attached hydrogens (primary N) is 2. The number of benzene rings is 2. The van der Waals surface area contributed by atoms with Gasteiger partial charge in [-0.25, -0.2) is 18.7 Å². The van der Waals surface area contributed by atoms with Gasteiger partial charge in [-0.1, -0.05) is 33.7 Å². The van der Waals surface area contributed by atoms with Gasteiger partial charge in [0.15, 0.2) is 0 Å². The van der Waals surface area contributed by atoms with Crippen molar-refractivity contribution in [2.24, 2.45) is 10.3 Å². The Bertz CT molecular complexity index is 686. The smallest absolute Gasteiger partial charge is 0.123 e. The molecule has 2 unspecified atom stereocenters. The molecule has 0 aliphatic heterocycles. The lowest BCUT2D eigenvalue weighted by Crippen LogP contribution is -2.05. The Balaban J connectivity index is 2.28. The molecule has 0 radical (unpaired) electrons. The molecule has 22 heavy (non-hydrogen) atoms. The number of rotatable bonds is 5. The molecule has 0 amide bonds. The first-order valence-electron chi connectivity index (χ1n) is 6.26. The van der Waals surface area contributed by atoms with Crippen LogP contribution < -0.4 is 10.3 Å². The third-order valence-corrected chi connectivity index (χ3v) is 7.14. The maximum atomic E-state index is 11.6. The Morgan fingerprint density at radius 1 is 0.773 bits per heavy atom. The lowest BCUT2D eigenvalue weighted by molar-refractivity contribution is 0.682. The van der Waals surface area contributed by atoms with Crippen LogP contribution in [0.15, 0.2) is 56.0 Å². The minimum Gasteiger partial charge on any atom is -0.248 e. The maximum absolute atomic E-state index is 11.6. The topological polar surface area (TPSA) is 86.2 Å². The summed E-state index contributed by atoms with van der Waals surface area (Å²) < 4.78 is 23.3. The SMILES string of the molecule is Cc1ccc(SSc2ccc(C)cc2S(N)=O)c(S(N)=O)c1. The van der Waals surface area contributed by atoms with Crippen molar-refractivity contribution in [3.05, 3.63) is 47.5 Å². The minimum atomic E-state index is -1.55. The summed E-state index contributed by atoms with van der Waals surface area (Å²) in [7, 11) is -0.234. The lowest BCUT2D eigenvalue weighted by atomic mass is 10.2. The highest BCUT2D eigenvalue weighted by Gasteiger charge is 2.12. The van der Waals surface area contributed by atoms with Crippen LogP contribution in [0.1, 0.15) is 11.1 Å². The van der Waals surface area contributed by atoms with E-state index in [0.717, 1.165) is 20.9 Å². The molecule has 118 valence electrons. The molecule has 2 aromatic rings. The molecule has 2 rings (SSSR count). The molecule has 8 heteroatoms. The van der Waals surface area contributed by atoms with E-state index in [1.54, 1.807) is 0 Å². The number of hydrogen-bond acceptors (Lipinski definition) is 4. The molecule has 4 N–H and O–H groups in total. The molecule has 0 aromatic heterocycles. The Morgan fingerprint density at radius 2 is 1.14 bits per heavy atom. The highest BCUT2D eigenvalue weighted by Crippen LogP contribution is 2.41. The highest BCUT2D eigenvalue weighted by molar-refractivity contribution is 8.76. The zero-order valence-corrected chi connectivity index (χ0v) is 15.3.